The van der Waals surface area contributed by atoms with E-state index in [-0.39, 0.29) is 16.9 Å². The molecule has 1 saturated carbocycles. The SMILES string of the molecule is CCCC(Nn1c(=O)cc(C(F)(F)F)c2ccccc21)C1CC1. The Morgan fingerprint density at radius 1 is 1.30 bits per heavy atom. The molecule has 0 saturated heterocycles. The summed E-state index contributed by atoms with van der Waals surface area (Å²) >= 11 is 0. The van der Waals surface area contributed by atoms with Crippen LogP contribution in [0.5, 0.6) is 0 Å². The number of halogens is 3. The zero-order chi connectivity index (χ0) is 16.6. The van der Waals surface area contributed by atoms with Gasteiger partial charge in [-0.05, 0) is 31.2 Å². The Balaban J connectivity index is 2.10. The predicted octanol–water partition coefficient (Wildman–Crippen LogP) is 4.14. The first-order chi connectivity index (χ1) is 10.9. The molecule has 1 aliphatic rings. The van der Waals surface area contributed by atoms with E-state index in [2.05, 4.69) is 12.3 Å². The lowest BCUT2D eigenvalue weighted by atomic mass is 10.1. The number of hydrogen-bond acceptors (Lipinski definition) is 2. The molecule has 3 rings (SSSR count). The highest BCUT2D eigenvalue weighted by molar-refractivity contribution is 5.83. The van der Waals surface area contributed by atoms with Gasteiger partial charge in [0.1, 0.15) is 0 Å². The lowest BCUT2D eigenvalue weighted by molar-refractivity contribution is -0.136. The molecule has 6 heteroatoms. The number of aromatic nitrogens is 1. The Kier molecular flexibility index (Phi) is 4.08. The summed E-state index contributed by atoms with van der Waals surface area (Å²) in [5, 5.41) is 0.0399. The molecular weight excluding hydrogens is 305 g/mol. The molecule has 0 radical (unpaired) electrons. The van der Waals surface area contributed by atoms with Gasteiger partial charge in [-0.2, -0.15) is 13.2 Å². The molecule has 23 heavy (non-hydrogen) atoms. The van der Waals surface area contributed by atoms with Gasteiger partial charge in [0, 0.05) is 17.5 Å². The quantitative estimate of drug-likeness (QED) is 0.897. The number of fused-ring (bicyclic) bond motifs is 1. The summed E-state index contributed by atoms with van der Waals surface area (Å²) in [5.74, 6) is 0.503. The number of benzene rings is 1. The Bertz CT molecular complexity index is 763. The summed E-state index contributed by atoms with van der Waals surface area (Å²) in [6.45, 7) is 2.06. The van der Waals surface area contributed by atoms with E-state index in [0.29, 0.717) is 12.0 Å². The van der Waals surface area contributed by atoms with Crippen LogP contribution in [0.15, 0.2) is 35.1 Å². The van der Waals surface area contributed by atoms with Crippen LogP contribution in [0.3, 0.4) is 0 Å². The molecule has 1 fully saturated rings. The normalized spacial score (nSPS) is 16.5. The maximum atomic E-state index is 13.2. The van der Waals surface area contributed by atoms with Gasteiger partial charge in [-0.3, -0.25) is 4.79 Å². The fraction of sp³-hybridized carbons (Fsp3) is 0.471. The van der Waals surface area contributed by atoms with E-state index in [0.717, 1.165) is 25.7 Å². The minimum atomic E-state index is -4.54. The summed E-state index contributed by atoms with van der Waals surface area (Å²) < 4.78 is 40.8. The van der Waals surface area contributed by atoms with Gasteiger partial charge < -0.3 is 5.43 Å². The highest BCUT2D eigenvalue weighted by Crippen LogP contribution is 2.36. The van der Waals surface area contributed by atoms with Crippen LogP contribution in [0.1, 0.15) is 38.2 Å². The Morgan fingerprint density at radius 3 is 2.61 bits per heavy atom. The maximum Gasteiger partial charge on any atom is 0.417 e. The van der Waals surface area contributed by atoms with Gasteiger partial charge in [0.2, 0.25) is 0 Å². The average Bonchev–Trinajstić information content (AvgIpc) is 3.32. The van der Waals surface area contributed by atoms with E-state index in [1.54, 1.807) is 18.2 Å². The second-order valence-electron chi connectivity index (χ2n) is 6.11. The highest BCUT2D eigenvalue weighted by atomic mass is 19.4. The third-order valence-electron chi connectivity index (χ3n) is 4.31. The maximum absolute atomic E-state index is 13.2. The molecule has 1 aliphatic carbocycles. The topological polar surface area (TPSA) is 34.0 Å². The van der Waals surface area contributed by atoms with E-state index in [9.17, 15) is 18.0 Å². The Labute approximate surface area is 132 Å². The number of nitrogens with zero attached hydrogens (tertiary/aromatic N) is 1. The smallest absolute Gasteiger partial charge is 0.319 e. The van der Waals surface area contributed by atoms with Gasteiger partial charge in [0.05, 0.1) is 11.1 Å². The molecule has 0 bridgehead atoms. The summed E-state index contributed by atoms with van der Waals surface area (Å²) in [6.07, 6.45) is -0.485. The van der Waals surface area contributed by atoms with Crippen LogP contribution in [0.25, 0.3) is 10.9 Å². The second kappa shape index (κ2) is 5.91. The van der Waals surface area contributed by atoms with Crippen LogP contribution in [-0.4, -0.2) is 10.7 Å². The fourth-order valence-electron chi connectivity index (χ4n) is 3.03. The largest absolute Gasteiger partial charge is 0.417 e. The van der Waals surface area contributed by atoms with Gasteiger partial charge in [0.15, 0.2) is 0 Å². The summed E-state index contributed by atoms with van der Waals surface area (Å²) in [4.78, 5) is 12.3. The van der Waals surface area contributed by atoms with Crippen molar-refractivity contribution in [3.63, 3.8) is 0 Å². The summed E-state index contributed by atoms with van der Waals surface area (Å²) in [7, 11) is 0. The number of pyridine rings is 1. The minimum absolute atomic E-state index is 0.0399. The summed E-state index contributed by atoms with van der Waals surface area (Å²) in [6, 6.07) is 6.96. The standard InChI is InChI=1S/C17H19F3N2O/c1-2-5-14(11-8-9-11)21-22-15-7-4-3-6-12(15)13(10-16(22)23)17(18,19)20/h3-4,6-7,10-11,14,21H,2,5,8-9H2,1H3. The monoisotopic (exact) mass is 324 g/mol. The lowest BCUT2D eigenvalue weighted by Gasteiger charge is -2.23. The molecule has 0 amide bonds. The molecular formula is C17H19F3N2O. The molecule has 0 aliphatic heterocycles. The second-order valence-corrected chi connectivity index (χ2v) is 6.11. The minimum Gasteiger partial charge on any atom is -0.319 e. The van der Waals surface area contributed by atoms with Crippen LogP contribution < -0.4 is 11.0 Å². The molecule has 1 N–H and O–H groups in total. The molecule has 2 aromatic rings. The van der Waals surface area contributed by atoms with Crippen LogP contribution >= 0.6 is 0 Å². The first kappa shape index (κ1) is 15.9. The number of alkyl halides is 3. The molecule has 3 nitrogen and oxygen atoms in total. The Morgan fingerprint density at radius 2 is 2.00 bits per heavy atom. The van der Waals surface area contributed by atoms with Crippen molar-refractivity contribution < 1.29 is 13.2 Å². The summed E-state index contributed by atoms with van der Waals surface area (Å²) in [5.41, 5.74) is 1.89. The first-order valence-corrected chi connectivity index (χ1v) is 7.90. The van der Waals surface area contributed by atoms with Crippen molar-refractivity contribution in [3.05, 3.63) is 46.2 Å². The molecule has 1 unspecified atom stereocenters. The van der Waals surface area contributed by atoms with Crippen LogP contribution in [0.2, 0.25) is 0 Å². The lowest BCUT2D eigenvalue weighted by Crippen LogP contribution is -2.37. The van der Waals surface area contributed by atoms with Gasteiger partial charge in [-0.1, -0.05) is 31.5 Å². The zero-order valence-electron chi connectivity index (χ0n) is 12.9. The molecule has 0 spiro atoms. The zero-order valence-corrected chi connectivity index (χ0v) is 12.9. The van der Waals surface area contributed by atoms with Crippen molar-refractivity contribution in [1.29, 1.82) is 0 Å². The molecule has 1 atom stereocenters. The third-order valence-corrected chi connectivity index (χ3v) is 4.31. The van der Waals surface area contributed by atoms with Crippen molar-refractivity contribution in [2.75, 3.05) is 5.43 Å². The van der Waals surface area contributed by atoms with Crippen molar-refractivity contribution in [3.8, 4) is 0 Å². The predicted molar refractivity (Wildman–Crippen MR) is 84.0 cm³/mol. The fourth-order valence-corrected chi connectivity index (χ4v) is 3.03. The number of rotatable bonds is 5. The van der Waals surface area contributed by atoms with Crippen LogP contribution in [0, 0.1) is 5.92 Å². The first-order valence-electron chi connectivity index (χ1n) is 7.90. The number of nitrogens with one attached hydrogen (secondary N) is 1. The van der Waals surface area contributed by atoms with E-state index in [1.165, 1.54) is 10.7 Å². The van der Waals surface area contributed by atoms with E-state index >= 15 is 0 Å². The van der Waals surface area contributed by atoms with Crippen molar-refractivity contribution in [1.82, 2.24) is 4.68 Å². The molecule has 1 aromatic carbocycles. The number of hydrogen-bond donors (Lipinski definition) is 1. The van der Waals surface area contributed by atoms with E-state index < -0.39 is 17.3 Å². The van der Waals surface area contributed by atoms with Gasteiger partial charge in [-0.15, -0.1) is 0 Å². The van der Waals surface area contributed by atoms with E-state index in [1.807, 2.05) is 0 Å². The van der Waals surface area contributed by atoms with Gasteiger partial charge in [0.25, 0.3) is 5.56 Å². The van der Waals surface area contributed by atoms with E-state index in [4.69, 9.17) is 0 Å². The average molecular weight is 324 g/mol. The van der Waals surface area contributed by atoms with Crippen LogP contribution in [0.4, 0.5) is 13.2 Å². The molecule has 124 valence electrons. The molecule has 1 aromatic heterocycles. The number of para-hydroxylation sites is 1. The van der Waals surface area contributed by atoms with Crippen LogP contribution in [-0.2, 0) is 6.18 Å². The van der Waals surface area contributed by atoms with Crippen molar-refractivity contribution in [2.45, 2.75) is 44.8 Å². The van der Waals surface area contributed by atoms with Gasteiger partial charge >= 0.3 is 6.18 Å². The highest BCUT2D eigenvalue weighted by Gasteiger charge is 2.35. The van der Waals surface area contributed by atoms with Gasteiger partial charge in [-0.25, -0.2) is 4.68 Å². The van der Waals surface area contributed by atoms with Crippen molar-refractivity contribution >= 4 is 10.9 Å². The molecule has 1 heterocycles. The third kappa shape index (κ3) is 3.21. The Hall–Kier alpha value is -1.98. The van der Waals surface area contributed by atoms with Crippen molar-refractivity contribution in [2.24, 2.45) is 5.92 Å².